The van der Waals surface area contributed by atoms with Crippen LogP contribution in [0, 0.1) is 0 Å². The summed E-state index contributed by atoms with van der Waals surface area (Å²) in [5, 5.41) is 41.3. The van der Waals surface area contributed by atoms with Gasteiger partial charge in [-0.25, -0.2) is 0 Å². The molecule has 4 unspecified atom stereocenters. The first-order chi connectivity index (χ1) is 11.1. The van der Waals surface area contributed by atoms with E-state index in [9.17, 15) is 14.4 Å². The SMILES string of the molecule is CC(O)C([NH-])C(=O)O.O=C(O)C[N-]C(CC1C=CC=C[N-]1)C(=O)O.[Co+3]. The standard InChI is InChI=1S/C10H12N2O4.C4H8NO3.Co/c13-9(14)6-12-8(10(15)16)5-7-3-1-2-4-11-7;1-2(6)3(5)4(7)8;/h1-4,7-8H,5-6H2,(H,13,14)(H,15,16);2-3,5-6H,1H3,(H,7,8);/q-2;-1;+3. The molecule has 1 aliphatic heterocycles. The van der Waals surface area contributed by atoms with Crippen molar-refractivity contribution >= 4 is 17.9 Å². The molecule has 0 saturated carbocycles. The fourth-order valence-electron chi connectivity index (χ4n) is 1.47. The number of rotatable bonds is 8. The van der Waals surface area contributed by atoms with Crippen LogP contribution in [0.25, 0.3) is 16.4 Å². The zero-order valence-corrected chi connectivity index (χ0v) is 14.3. The normalized spacial score (nSPS) is 18.4. The number of carboxylic acids is 3. The van der Waals surface area contributed by atoms with E-state index in [1.807, 2.05) is 0 Å². The number of hydrogen-bond donors (Lipinski definition) is 4. The van der Waals surface area contributed by atoms with E-state index in [0.717, 1.165) is 0 Å². The number of carbonyl (C=O) groups is 3. The van der Waals surface area contributed by atoms with Crippen molar-refractivity contribution < 1.29 is 51.6 Å². The Kier molecular flexibility index (Phi) is 13.5. The van der Waals surface area contributed by atoms with Crippen LogP contribution in [0.3, 0.4) is 0 Å². The molecule has 11 heteroatoms. The monoisotopic (exact) mass is 401 g/mol. The second kappa shape index (κ2) is 13.4. The summed E-state index contributed by atoms with van der Waals surface area (Å²) in [4.78, 5) is 30.9. The Bertz CT molecular complexity index is 497. The van der Waals surface area contributed by atoms with Crippen LogP contribution in [0.15, 0.2) is 24.4 Å². The Morgan fingerprint density at radius 1 is 1.20 bits per heavy atom. The van der Waals surface area contributed by atoms with Crippen LogP contribution in [0.4, 0.5) is 0 Å². The molecule has 0 bridgehead atoms. The molecule has 142 valence electrons. The van der Waals surface area contributed by atoms with Crippen molar-refractivity contribution in [1.29, 1.82) is 0 Å². The van der Waals surface area contributed by atoms with E-state index in [2.05, 4.69) is 10.6 Å². The quantitative estimate of drug-likeness (QED) is 0.467. The molecule has 0 aromatic rings. The molecule has 5 N–H and O–H groups in total. The van der Waals surface area contributed by atoms with Crippen LogP contribution >= 0.6 is 0 Å². The van der Waals surface area contributed by atoms with Gasteiger partial charge in [0.05, 0.1) is 0 Å². The van der Waals surface area contributed by atoms with Gasteiger partial charge in [-0.1, -0.05) is 24.6 Å². The van der Waals surface area contributed by atoms with Gasteiger partial charge < -0.3 is 36.8 Å². The average molecular weight is 401 g/mol. The third-order valence-electron chi connectivity index (χ3n) is 2.75. The summed E-state index contributed by atoms with van der Waals surface area (Å²) < 4.78 is 0. The minimum Gasteiger partial charge on any atom is -0.685 e. The number of hydrogen-bond acceptors (Lipinski definition) is 4. The summed E-state index contributed by atoms with van der Waals surface area (Å²) in [7, 11) is 0. The smallest absolute Gasteiger partial charge is 0.685 e. The second-order valence-electron chi connectivity index (χ2n) is 4.82. The molecule has 10 nitrogen and oxygen atoms in total. The largest absolute Gasteiger partial charge is 3.00 e. The van der Waals surface area contributed by atoms with E-state index in [1.54, 1.807) is 24.4 Å². The molecule has 1 aliphatic rings. The number of aliphatic hydroxyl groups excluding tert-OH is 1. The zero-order valence-electron chi connectivity index (χ0n) is 13.3. The fourth-order valence-corrected chi connectivity index (χ4v) is 1.47. The fraction of sp³-hybridized carbons (Fsp3) is 0.500. The number of carboxylic acid groups (broad SMARTS) is 3. The van der Waals surface area contributed by atoms with Gasteiger partial charge >= 0.3 is 16.8 Å². The summed E-state index contributed by atoms with van der Waals surface area (Å²) in [6.45, 7) is 0.773. The van der Waals surface area contributed by atoms with Gasteiger partial charge in [0, 0.05) is 6.10 Å². The molecule has 0 aromatic carbocycles. The minimum absolute atomic E-state index is 0. The van der Waals surface area contributed by atoms with Crippen molar-refractivity contribution in [2.45, 2.75) is 37.6 Å². The molecule has 0 saturated heterocycles. The average Bonchev–Trinajstić information content (AvgIpc) is 2.51. The molecule has 0 fully saturated rings. The van der Waals surface area contributed by atoms with Crippen molar-refractivity contribution in [1.82, 2.24) is 0 Å². The first-order valence-electron chi connectivity index (χ1n) is 6.91. The van der Waals surface area contributed by atoms with E-state index in [1.165, 1.54) is 6.92 Å². The zero-order chi connectivity index (χ0) is 18.7. The molecule has 1 heterocycles. The van der Waals surface area contributed by atoms with Gasteiger partial charge in [-0.05, 0) is 25.6 Å². The molecule has 0 aliphatic carbocycles. The van der Waals surface area contributed by atoms with E-state index in [0.29, 0.717) is 0 Å². The number of allylic oxidation sites excluding steroid dienone is 2. The molecule has 0 aromatic heterocycles. The number of aliphatic carboxylic acids is 3. The first-order valence-corrected chi connectivity index (χ1v) is 6.91. The molecule has 0 amide bonds. The van der Waals surface area contributed by atoms with E-state index >= 15 is 0 Å². The summed E-state index contributed by atoms with van der Waals surface area (Å²) in [5.41, 5.74) is 6.63. The van der Waals surface area contributed by atoms with Gasteiger partial charge in [0.15, 0.2) is 0 Å². The minimum atomic E-state index is -1.41. The van der Waals surface area contributed by atoms with Crippen molar-refractivity contribution in [3.8, 4) is 0 Å². The van der Waals surface area contributed by atoms with Crippen LogP contribution in [0.5, 0.6) is 0 Å². The Balaban J connectivity index is 0. The maximum absolute atomic E-state index is 10.8. The van der Waals surface area contributed by atoms with Gasteiger partial charge in [-0.15, -0.1) is 6.04 Å². The summed E-state index contributed by atoms with van der Waals surface area (Å²) >= 11 is 0. The third-order valence-corrected chi connectivity index (χ3v) is 2.75. The van der Waals surface area contributed by atoms with Crippen molar-refractivity contribution in [3.05, 3.63) is 40.8 Å². The van der Waals surface area contributed by atoms with Crippen molar-refractivity contribution in [2.75, 3.05) is 6.54 Å². The molecule has 0 radical (unpaired) electrons. The Hall–Kier alpha value is -1.92. The van der Waals surface area contributed by atoms with Crippen LogP contribution in [-0.4, -0.2) is 69.1 Å². The van der Waals surface area contributed by atoms with Crippen LogP contribution in [0.2, 0.25) is 0 Å². The van der Waals surface area contributed by atoms with E-state index in [-0.39, 0.29) is 29.2 Å². The Morgan fingerprint density at radius 2 is 1.80 bits per heavy atom. The molecular weight excluding hydrogens is 381 g/mol. The molecule has 1 rings (SSSR count). The third kappa shape index (κ3) is 12.1. The summed E-state index contributed by atoms with van der Waals surface area (Å²) in [6.07, 6.45) is 5.94. The van der Waals surface area contributed by atoms with Gasteiger partial charge in [0.2, 0.25) is 0 Å². The summed E-state index contributed by atoms with van der Waals surface area (Å²) in [5.74, 6) is -3.55. The Labute approximate surface area is 155 Å². The van der Waals surface area contributed by atoms with Gasteiger partial charge in [0.1, 0.15) is 0 Å². The number of nitrogens with one attached hydrogen (secondary N) is 1. The van der Waals surface area contributed by atoms with Crippen molar-refractivity contribution in [3.63, 3.8) is 0 Å². The Morgan fingerprint density at radius 3 is 2.12 bits per heavy atom. The van der Waals surface area contributed by atoms with Gasteiger partial charge in [-0.2, -0.15) is 6.20 Å². The van der Waals surface area contributed by atoms with E-state index < -0.39 is 42.6 Å². The number of nitrogens with zero attached hydrogens (tertiary/aromatic N) is 2. The van der Waals surface area contributed by atoms with Crippen molar-refractivity contribution in [2.24, 2.45) is 0 Å². The predicted molar refractivity (Wildman–Crippen MR) is 84.8 cm³/mol. The topological polar surface area (TPSA) is 184 Å². The molecular formula is C14H20CoN3O7. The maximum Gasteiger partial charge on any atom is 3.00 e. The summed E-state index contributed by atoms with van der Waals surface area (Å²) in [6, 6.07) is -2.68. The first kappa shape index (κ1) is 25.3. The second-order valence-corrected chi connectivity index (χ2v) is 4.82. The van der Waals surface area contributed by atoms with Crippen LogP contribution in [0.1, 0.15) is 13.3 Å². The number of aliphatic hydroxyl groups is 1. The molecule has 25 heavy (non-hydrogen) atoms. The van der Waals surface area contributed by atoms with Gasteiger partial charge in [-0.3, -0.25) is 14.4 Å². The van der Waals surface area contributed by atoms with Crippen LogP contribution < -0.4 is 0 Å². The molecule has 0 spiro atoms. The van der Waals surface area contributed by atoms with Gasteiger partial charge in [0.25, 0.3) is 17.9 Å². The van der Waals surface area contributed by atoms with Crippen LogP contribution in [-0.2, 0) is 31.2 Å². The maximum atomic E-state index is 10.8. The molecule has 4 atom stereocenters. The predicted octanol–water partition coefficient (Wildman–Crippen LogP) is 0.984. The van der Waals surface area contributed by atoms with E-state index in [4.69, 9.17) is 26.2 Å².